The average Bonchev–Trinajstić information content (AvgIpc) is 3.39. The summed E-state index contributed by atoms with van der Waals surface area (Å²) in [6, 6.07) is 20.0. The lowest BCUT2D eigenvalue weighted by molar-refractivity contribution is -0.141. The Labute approximate surface area is 233 Å². The minimum Gasteiger partial charge on any atom is -0.454 e. The molecule has 2 atom stereocenters. The molecule has 8 heteroatoms. The molecule has 0 unspecified atom stereocenters. The van der Waals surface area contributed by atoms with Crippen LogP contribution in [0.3, 0.4) is 0 Å². The molecule has 0 aromatic heterocycles. The van der Waals surface area contributed by atoms with Crippen molar-refractivity contribution in [3.63, 3.8) is 0 Å². The summed E-state index contributed by atoms with van der Waals surface area (Å²) in [7, 11) is 0. The Hall–Kier alpha value is -3.22. The van der Waals surface area contributed by atoms with Crippen molar-refractivity contribution in [2.45, 2.75) is 58.2 Å². The summed E-state index contributed by atoms with van der Waals surface area (Å²) in [5.41, 5.74) is 2.73. The Morgan fingerprint density at radius 2 is 1.66 bits per heavy atom. The topological polar surface area (TPSA) is 67.9 Å². The lowest BCUT2D eigenvalue weighted by Crippen LogP contribution is -2.52. The Balaban J connectivity index is 1.62. The maximum absolute atomic E-state index is 13.8. The average molecular weight is 556 g/mol. The molecule has 0 saturated carbocycles. The van der Waals surface area contributed by atoms with E-state index < -0.39 is 6.04 Å². The van der Waals surface area contributed by atoms with Gasteiger partial charge in [0.25, 0.3) is 0 Å². The SMILES string of the molecule is CC[C@@H](C)NC(=O)[C@H](Cc1ccccc1)N(Cc1ccc(Cl)c(Cl)c1)C(=O)CCc1ccc2c(c1)OCO2. The van der Waals surface area contributed by atoms with Crippen LogP contribution in [-0.2, 0) is 29.0 Å². The van der Waals surface area contributed by atoms with E-state index in [9.17, 15) is 9.59 Å². The van der Waals surface area contributed by atoms with Crippen LogP contribution in [0.25, 0.3) is 0 Å². The third kappa shape index (κ3) is 7.21. The lowest BCUT2D eigenvalue weighted by Gasteiger charge is -2.32. The molecule has 2 amide bonds. The van der Waals surface area contributed by atoms with Crippen molar-refractivity contribution in [2.24, 2.45) is 0 Å². The summed E-state index contributed by atoms with van der Waals surface area (Å²) in [4.78, 5) is 29.1. The molecule has 0 radical (unpaired) electrons. The van der Waals surface area contributed by atoms with E-state index in [0.717, 1.165) is 23.1 Å². The van der Waals surface area contributed by atoms with Crippen LogP contribution in [-0.4, -0.2) is 35.6 Å². The number of aryl methyl sites for hydroxylation is 1. The normalized spacial score (nSPS) is 13.6. The number of carbonyl (C=O) groups excluding carboxylic acids is 2. The van der Waals surface area contributed by atoms with E-state index >= 15 is 0 Å². The predicted molar refractivity (Wildman–Crippen MR) is 150 cm³/mol. The van der Waals surface area contributed by atoms with Crippen LogP contribution in [0.15, 0.2) is 66.7 Å². The third-order valence-electron chi connectivity index (χ3n) is 6.67. The maximum Gasteiger partial charge on any atom is 0.243 e. The molecule has 0 saturated heterocycles. The lowest BCUT2D eigenvalue weighted by atomic mass is 10.0. The van der Waals surface area contributed by atoms with E-state index in [2.05, 4.69) is 5.32 Å². The van der Waals surface area contributed by atoms with Gasteiger partial charge in [-0.2, -0.15) is 0 Å². The maximum atomic E-state index is 13.8. The number of ether oxygens (including phenoxy) is 2. The number of carbonyl (C=O) groups is 2. The molecule has 3 aromatic carbocycles. The number of benzene rings is 3. The van der Waals surface area contributed by atoms with Crippen LogP contribution < -0.4 is 14.8 Å². The first-order valence-corrected chi connectivity index (χ1v) is 13.6. The molecule has 1 aliphatic heterocycles. The zero-order valence-corrected chi connectivity index (χ0v) is 23.1. The predicted octanol–water partition coefficient (Wildman–Crippen LogP) is 6.21. The van der Waals surface area contributed by atoms with Gasteiger partial charge < -0.3 is 19.7 Å². The highest BCUT2D eigenvalue weighted by atomic mass is 35.5. The van der Waals surface area contributed by atoms with Crippen molar-refractivity contribution >= 4 is 35.0 Å². The van der Waals surface area contributed by atoms with Gasteiger partial charge in [0, 0.05) is 25.4 Å². The van der Waals surface area contributed by atoms with Gasteiger partial charge in [-0.25, -0.2) is 0 Å². The van der Waals surface area contributed by atoms with E-state index in [1.165, 1.54) is 0 Å². The quantitative estimate of drug-likeness (QED) is 0.306. The summed E-state index contributed by atoms with van der Waals surface area (Å²) >= 11 is 12.4. The highest BCUT2D eigenvalue weighted by Crippen LogP contribution is 2.33. The Morgan fingerprint density at radius 1 is 0.921 bits per heavy atom. The molecule has 200 valence electrons. The van der Waals surface area contributed by atoms with Gasteiger partial charge in [0.15, 0.2) is 11.5 Å². The van der Waals surface area contributed by atoms with Crippen LogP contribution in [0.1, 0.15) is 43.4 Å². The number of hydrogen-bond acceptors (Lipinski definition) is 4. The van der Waals surface area contributed by atoms with Crippen LogP contribution >= 0.6 is 23.2 Å². The van der Waals surface area contributed by atoms with Crippen LogP contribution in [0, 0.1) is 0 Å². The van der Waals surface area contributed by atoms with Crippen LogP contribution in [0.2, 0.25) is 10.0 Å². The minimum atomic E-state index is -0.704. The number of amides is 2. The second-order valence-electron chi connectivity index (χ2n) is 9.48. The van der Waals surface area contributed by atoms with Crippen molar-refractivity contribution in [1.29, 1.82) is 0 Å². The number of rotatable bonds is 11. The van der Waals surface area contributed by atoms with Gasteiger partial charge in [-0.05, 0) is 60.7 Å². The first-order valence-electron chi connectivity index (χ1n) is 12.8. The highest BCUT2D eigenvalue weighted by molar-refractivity contribution is 6.42. The number of nitrogens with zero attached hydrogens (tertiary/aromatic N) is 1. The van der Waals surface area contributed by atoms with E-state index in [0.29, 0.717) is 34.4 Å². The number of nitrogens with one attached hydrogen (secondary N) is 1. The summed E-state index contributed by atoms with van der Waals surface area (Å²) in [5, 5.41) is 3.92. The van der Waals surface area contributed by atoms with Crippen molar-refractivity contribution in [3.05, 3.63) is 93.5 Å². The van der Waals surface area contributed by atoms with Gasteiger partial charge in [-0.15, -0.1) is 0 Å². The number of fused-ring (bicyclic) bond motifs is 1. The van der Waals surface area contributed by atoms with E-state index in [4.69, 9.17) is 32.7 Å². The number of hydrogen-bond donors (Lipinski definition) is 1. The standard InChI is InChI=1S/C30H32Cl2N2O4/c1-3-20(2)33-30(36)26(16-21-7-5-4-6-8-21)34(18-23-9-12-24(31)25(32)15-23)29(35)14-11-22-10-13-27-28(17-22)38-19-37-27/h4-10,12-13,15,17,20,26H,3,11,14,16,18-19H2,1-2H3,(H,33,36)/t20-,26+/m1/s1. The number of halogens is 2. The van der Waals surface area contributed by atoms with Crippen molar-refractivity contribution in [2.75, 3.05) is 6.79 Å². The summed E-state index contributed by atoms with van der Waals surface area (Å²) < 4.78 is 10.9. The van der Waals surface area contributed by atoms with E-state index in [1.807, 2.05) is 68.4 Å². The van der Waals surface area contributed by atoms with Crippen molar-refractivity contribution in [3.8, 4) is 11.5 Å². The van der Waals surface area contributed by atoms with Gasteiger partial charge in [-0.1, -0.05) is 72.6 Å². The molecule has 6 nitrogen and oxygen atoms in total. The van der Waals surface area contributed by atoms with Gasteiger partial charge >= 0.3 is 0 Å². The fourth-order valence-electron chi connectivity index (χ4n) is 4.32. The molecule has 0 aliphatic carbocycles. The van der Waals surface area contributed by atoms with Crippen LogP contribution in [0.5, 0.6) is 11.5 Å². The fourth-order valence-corrected chi connectivity index (χ4v) is 4.64. The summed E-state index contributed by atoms with van der Waals surface area (Å²) in [6.07, 6.45) is 1.90. The molecule has 0 bridgehead atoms. The highest BCUT2D eigenvalue weighted by Gasteiger charge is 2.31. The molecular formula is C30H32Cl2N2O4. The van der Waals surface area contributed by atoms with Crippen molar-refractivity contribution < 1.29 is 19.1 Å². The Bertz CT molecular complexity index is 1270. The first-order chi connectivity index (χ1) is 18.3. The Kier molecular flexibility index (Phi) is 9.53. The van der Waals surface area contributed by atoms with Gasteiger partial charge in [0.2, 0.25) is 18.6 Å². The zero-order valence-electron chi connectivity index (χ0n) is 21.6. The molecule has 0 spiro atoms. The molecular weight excluding hydrogens is 523 g/mol. The molecule has 0 fully saturated rings. The molecule has 1 heterocycles. The van der Waals surface area contributed by atoms with Crippen molar-refractivity contribution in [1.82, 2.24) is 10.2 Å². The molecule has 38 heavy (non-hydrogen) atoms. The summed E-state index contributed by atoms with van der Waals surface area (Å²) in [5.74, 6) is 1.07. The van der Waals surface area contributed by atoms with Gasteiger partial charge in [0.1, 0.15) is 6.04 Å². The van der Waals surface area contributed by atoms with E-state index in [1.54, 1.807) is 17.0 Å². The van der Waals surface area contributed by atoms with Crippen LogP contribution in [0.4, 0.5) is 0 Å². The van der Waals surface area contributed by atoms with Gasteiger partial charge in [-0.3, -0.25) is 9.59 Å². The second-order valence-corrected chi connectivity index (χ2v) is 10.3. The monoisotopic (exact) mass is 554 g/mol. The van der Waals surface area contributed by atoms with E-state index in [-0.39, 0.29) is 37.6 Å². The molecule has 1 N–H and O–H groups in total. The zero-order chi connectivity index (χ0) is 27.1. The molecule has 1 aliphatic rings. The fraction of sp³-hybridized carbons (Fsp3) is 0.333. The third-order valence-corrected chi connectivity index (χ3v) is 7.41. The summed E-state index contributed by atoms with van der Waals surface area (Å²) in [6.45, 7) is 4.40. The Morgan fingerprint density at radius 3 is 2.39 bits per heavy atom. The minimum absolute atomic E-state index is 0.0173. The molecule has 4 rings (SSSR count). The van der Waals surface area contributed by atoms with Gasteiger partial charge in [0.05, 0.1) is 10.0 Å². The smallest absolute Gasteiger partial charge is 0.243 e. The second kappa shape index (κ2) is 13.0. The first kappa shape index (κ1) is 27.8. The largest absolute Gasteiger partial charge is 0.454 e. The molecule has 3 aromatic rings.